The zero-order valence-electron chi connectivity index (χ0n) is 19.2. The molecule has 0 aliphatic heterocycles. The van der Waals surface area contributed by atoms with Crippen molar-refractivity contribution in [3.8, 4) is 11.5 Å². The van der Waals surface area contributed by atoms with Crippen molar-refractivity contribution in [2.45, 2.75) is 51.9 Å². The van der Waals surface area contributed by atoms with Gasteiger partial charge in [-0.25, -0.2) is 0 Å². The number of hydrogen-bond acceptors (Lipinski definition) is 4. The first-order valence-corrected chi connectivity index (χ1v) is 11.7. The van der Waals surface area contributed by atoms with Gasteiger partial charge < -0.3 is 10.2 Å². The van der Waals surface area contributed by atoms with Gasteiger partial charge in [-0.05, 0) is 72.6 Å². The van der Waals surface area contributed by atoms with Gasteiger partial charge in [0.05, 0.1) is 5.56 Å². The van der Waals surface area contributed by atoms with E-state index in [0.717, 1.165) is 30.4 Å². The molecule has 0 amide bonds. The molecule has 2 atom stereocenters. The molecule has 0 heterocycles. The van der Waals surface area contributed by atoms with E-state index >= 15 is 0 Å². The molecule has 0 saturated carbocycles. The number of Topliss-reactive ketones (excluding diaryl/α,β-unsaturated/α-hetero) is 2. The van der Waals surface area contributed by atoms with Crippen molar-refractivity contribution in [2.75, 3.05) is 0 Å². The van der Waals surface area contributed by atoms with Crippen molar-refractivity contribution in [1.29, 1.82) is 0 Å². The summed E-state index contributed by atoms with van der Waals surface area (Å²) in [6, 6.07) is 18.2. The van der Waals surface area contributed by atoms with Crippen molar-refractivity contribution >= 4 is 11.6 Å². The van der Waals surface area contributed by atoms with Gasteiger partial charge in [-0.15, -0.1) is 0 Å². The van der Waals surface area contributed by atoms with Gasteiger partial charge in [0.15, 0.2) is 11.6 Å². The summed E-state index contributed by atoms with van der Waals surface area (Å²) in [5.74, 6) is -0.819. The van der Waals surface area contributed by atoms with Gasteiger partial charge in [0.1, 0.15) is 11.5 Å². The molecule has 3 aromatic rings. The summed E-state index contributed by atoms with van der Waals surface area (Å²) >= 11 is 0. The Kier molecular flexibility index (Phi) is 6.64. The molecule has 33 heavy (non-hydrogen) atoms. The lowest BCUT2D eigenvalue weighted by molar-refractivity contribution is 0.0928. The lowest BCUT2D eigenvalue weighted by Gasteiger charge is -2.25. The maximum Gasteiger partial charge on any atom is 0.174 e. The maximum absolute atomic E-state index is 13.2. The van der Waals surface area contributed by atoms with E-state index < -0.39 is 0 Å². The molecule has 0 aromatic heterocycles. The van der Waals surface area contributed by atoms with Crippen LogP contribution in [0, 0.1) is 5.92 Å². The van der Waals surface area contributed by atoms with Gasteiger partial charge in [-0.2, -0.15) is 0 Å². The van der Waals surface area contributed by atoms with Crippen molar-refractivity contribution < 1.29 is 19.8 Å². The molecule has 0 radical (unpaired) electrons. The van der Waals surface area contributed by atoms with Gasteiger partial charge in [-0.1, -0.05) is 50.2 Å². The lowest BCUT2D eigenvalue weighted by Crippen LogP contribution is -2.20. The van der Waals surface area contributed by atoms with Crippen LogP contribution in [0.2, 0.25) is 0 Å². The van der Waals surface area contributed by atoms with Crippen LogP contribution in [0.3, 0.4) is 0 Å². The van der Waals surface area contributed by atoms with Crippen LogP contribution in [-0.2, 0) is 19.3 Å². The number of ketones is 2. The molecular weight excluding hydrogens is 412 g/mol. The Hall–Kier alpha value is -3.40. The second kappa shape index (κ2) is 9.62. The van der Waals surface area contributed by atoms with E-state index in [-0.39, 0.29) is 40.5 Å². The number of aromatic hydroxyl groups is 2. The zero-order chi connectivity index (χ0) is 23.5. The molecule has 4 rings (SSSR count). The second-order valence-corrected chi connectivity index (χ2v) is 9.07. The van der Waals surface area contributed by atoms with E-state index in [4.69, 9.17) is 0 Å². The number of rotatable bonds is 7. The lowest BCUT2D eigenvalue weighted by atomic mass is 9.77. The average molecular weight is 443 g/mol. The van der Waals surface area contributed by atoms with Crippen LogP contribution in [0.25, 0.3) is 0 Å². The standard InChI is InChI=1S/C29H30O4/c1-3-19-6-4-7-20(15-19)14-18(2)28(32)22-10-12-24-21(16-22)8-5-9-25(24)29(33)26-13-11-23(30)17-27(26)31/h4,6-7,10-13,15-18,25,30-31H,3,5,8-9,14H2,1-2H3. The second-order valence-electron chi connectivity index (χ2n) is 9.07. The predicted octanol–water partition coefficient (Wildman–Crippen LogP) is 6.02. The van der Waals surface area contributed by atoms with Gasteiger partial charge in [0.2, 0.25) is 0 Å². The minimum absolute atomic E-state index is 0.0770. The summed E-state index contributed by atoms with van der Waals surface area (Å²) in [4.78, 5) is 26.3. The number of hydrogen-bond donors (Lipinski definition) is 2. The Morgan fingerprint density at radius 1 is 1.00 bits per heavy atom. The van der Waals surface area contributed by atoms with Gasteiger partial charge >= 0.3 is 0 Å². The Bertz CT molecular complexity index is 1190. The third-order valence-electron chi connectivity index (χ3n) is 6.69. The highest BCUT2D eigenvalue weighted by molar-refractivity contribution is 6.04. The monoisotopic (exact) mass is 442 g/mol. The van der Waals surface area contributed by atoms with E-state index in [1.807, 2.05) is 31.2 Å². The molecule has 3 aromatic carbocycles. The van der Waals surface area contributed by atoms with Crippen molar-refractivity contribution in [3.63, 3.8) is 0 Å². The van der Waals surface area contributed by atoms with Gasteiger partial charge in [0.25, 0.3) is 0 Å². The SMILES string of the molecule is CCc1cccc(CC(C)C(=O)c2ccc3c(c2)CCCC3C(=O)c2ccc(O)cc2O)c1. The van der Waals surface area contributed by atoms with Crippen molar-refractivity contribution in [3.05, 3.63) is 94.0 Å². The van der Waals surface area contributed by atoms with Crippen LogP contribution in [0.1, 0.15) is 75.6 Å². The van der Waals surface area contributed by atoms with Gasteiger partial charge in [0, 0.05) is 23.5 Å². The highest BCUT2D eigenvalue weighted by Crippen LogP contribution is 2.37. The number of aryl methyl sites for hydroxylation is 2. The van der Waals surface area contributed by atoms with Crippen LogP contribution < -0.4 is 0 Å². The molecular formula is C29H30O4. The third-order valence-corrected chi connectivity index (χ3v) is 6.69. The molecule has 0 fully saturated rings. The smallest absolute Gasteiger partial charge is 0.174 e. The van der Waals surface area contributed by atoms with Crippen LogP contribution in [0.4, 0.5) is 0 Å². The molecule has 2 unspecified atom stereocenters. The molecule has 0 saturated heterocycles. The largest absolute Gasteiger partial charge is 0.508 e. The van der Waals surface area contributed by atoms with Crippen LogP contribution >= 0.6 is 0 Å². The molecule has 170 valence electrons. The van der Waals surface area contributed by atoms with E-state index in [2.05, 4.69) is 25.1 Å². The maximum atomic E-state index is 13.2. The molecule has 1 aliphatic rings. The number of phenols is 2. The van der Waals surface area contributed by atoms with E-state index in [0.29, 0.717) is 18.4 Å². The number of carbonyl (C=O) groups is 2. The molecule has 4 heteroatoms. The van der Waals surface area contributed by atoms with E-state index in [9.17, 15) is 19.8 Å². The van der Waals surface area contributed by atoms with Crippen molar-refractivity contribution in [1.82, 2.24) is 0 Å². The van der Waals surface area contributed by atoms with Crippen molar-refractivity contribution in [2.24, 2.45) is 5.92 Å². The van der Waals surface area contributed by atoms with E-state index in [1.54, 1.807) is 0 Å². The first-order chi connectivity index (χ1) is 15.9. The van der Waals surface area contributed by atoms with Crippen LogP contribution in [0.15, 0.2) is 60.7 Å². The number of phenolic OH excluding ortho intramolecular Hbond substituents is 2. The third kappa shape index (κ3) is 4.85. The summed E-state index contributed by atoms with van der Waals surface area (Å²) < 4.78 is 0. The fourth-order valence-electron chi connectivity index (χ4n) is 4.86. The Morgan fingerprint density at radius 3 is 2.55 bits per heavy atom. The Balaban J connectivity index is 1.55. The summed E-state index contributed by atoms with van der Waals surface area (Å²) in [6.45, 7) is 4.10. The first-order valence-electron chi connectivity index (χ1n) is 11.7. The topological polar surface area (TPSA) is 74.6 Å². The predicted molar refractivity (Wildman–Crippen MR) is 129 cm³/mol. The highest BCUT2D eigenvalue weighted by atomic mass is 16.3. The number of carbonyl (C=O) groups excluding carboxylic acids is 2. The number of fused-ring (bicyclic) bond motifs is 1. The molecule has 4 nitrogen and oxygen atoms in total. The van der Waals surface area contributed by atoms with Gasteiger partial charge in [-0.3, -0.25) is 9.59 Å². The summed E-state index contributed by atoms with van der Waals surface area (Å²) in [5, 5.41) is 19.7. The minimum atomic E-state index is -0.359. The normalized spacial score (nSPS) is 16.1. The first kappa shape index (κ1) is 22.8. The average Bonchev–Trinajstić information content (AvgIpc) is 2.82. The fourth-order valence-corrected chi connectivity index (χ4v) is 4.86. The zero-order valence-corrected chi connectivity index (χ0v) is 19.2. The molecule has 1 aliphatic carbocycles. The molecule has 2 N–H and O–H groups in total. The summed E-state index contributed by atoms with van der Waals surface area (Å²) in [6.07, 6.45) is 4.05. The molecule has 0 spiro atoms. The molecule has 0 bridgehead atoms. The number of benzene rings is 3. The summed E-state index contributed by atoms with van der Waals surface area (Å²) in [5.41, 5.74) is 5.31. The van der Waals surface area contributed by atoms with Crippen LogP contribution in [0.5, 0.6) is 11.5 Å². The Labute approximate surface area is 194 Å². The highest BCUT2D eigenvalue weighted by Gasteiger charge is 2.29. The Morgan fingerprint density at radius 2 is 1.79 bits per heavy atom. The van der Waals surface area contributed by atoms with E-state index in [1.165, 1.54) is 29.3 Å². The quantitative estimate of drug-likeness (QED) is 0.439. The summed E-state index contributed by atoms with van der Waals surface area (Å²) in [7, 11) is 0. The minimum Gasteiger partial charge on any atom is -0.508 e. The van der Waals surface area contributed by atoms with Crippen LogP contribution in [-0.4, -0.2) is 21.8 Å². The fraction of sp³-hybridized carbons (Fsp3) is 0.310.